The molecule has 10 atom stereocenters. The zero-order chi connectivity index (χ0) is 97.0. The summed E-state index contributed by atoms with van der Waals surface area (Å²) in [6.45, 7) is 15.3. The summed E-state index contributed by atoms with van der Waals surface area (Å²) < 4.78 is 56.1. The Morgan fingerprint density at radius 1 is 0.586 bits per heavy atom. The van der Waals surface area contributed by atoms with Crippen LogP contribution in [0.1, 0.15) is 124 Å². The summed E-state index contributed by atoms with van der Waals surface area (Å²) in [5.74, 6) is -15.0. The lowest BCUT2D eigenvalue weighted by Crippen LogP contribution is -2.67. The van der Waals surface area contributed by atoms with Gasteiger partial charge in [0.05, 0.1) is 124 Å². The van der Waals surface area contributed by atoms with E-state index in [1.54, 1.807) is 42.3 Å². The highest BCUT2D eigenvalue weighted by Crippen LogP contribution is 2.30. The summed E-state index contributed by atoms with van der Waals surface area (Å²) in [6, 6.07) is 10.4. The minimum absolute atomic E-state index is 0.0645. The molecule has 7 aromatic rings. The molecule has 43 nitrogen and oxygen atoms in total. The van der Waals surface area contributed by atoms with Crippen LogP contribution in [0.5, 0.6) is 5.75 Å². The zero-order valence-electron chi connectivity index (χ0n) is 76.1. The standard InChI is InChI=1S/C89H124FN19O24/c1-10-60-44-65(133-29-14-13-28-109-50-64(103-108-109)52-132-39-38-131-37-36-130-35-34-129-33-32-128-31-30-127-9)24-25-66(60)61-22-20-58(21-23-61)43-69(79(117)95-68(84(122)123)19-15-16-59-41-54(2)40-55(3)42-59)96-80(118)71(46-75(114)115)97-81(119)72(51-110)98-82(120)76(56(4)111)101-87(126)89(8,47-62-17-11-12-18-67(62)90)102-83(121)77(57(5)112)100-74(113)49-93-78(116)70(45-73-104-106-107-105-73)99-86(125)88(6,7)85(124)92-27-26-63-48-91-53-94-63/h11-12,17-18,20-25,40-42,44,48,50,53,56-57,68-72,76-77,110-112H,10,13-16,19,26-39,43,45-47,49,51-52H2,1-9H3,(H,91,94)(H,92,124)(H,93,116)(H,95,117)(H,96,118)(H,97,119)(H,98,120)(H,99,125)(H,100,113)(H,101,126)(H,102,121)(H,114,115)(H,122,123)(H,104,105,106,107)/t56-,57-,68+,69+,70+,71+,72+,76+,77+,89?/m1/s1. The Morgan fingerprint density at radius 2 is 1.20 bits per heavy atom. The number of carbonyl (C=O) groups is 12. The number of hydrogen-bond donors (Lipinski definition) is 17. The first-order valence-electron chi connectivity index (χ1n) is 43.6. The minimum atomic E-state index is -2.42. The molecule has 0 saturated heterocycles. The number of imidazole rings is 1. The number of ether oxygens (including phenoxy) is 7. The van der Waals surface area contributed by atoms with E-state index in [-0.39, 0.29) is 37.4 Å². The number of aliphatic hydroxyl groups is 3. The third-order valence-corrected chi connectivity index (χ3v) is 21.0. The van der Waals surface area contributed by atoms with Gasteiger partial charge in [0.25, 0.3) is 0 Å². The second kappa shape index (κ2) is 55.6. The number of H-pyrrole nitrogens is 2. The number of aliphatic carboxylic acids is 2. The predicted molar refractivity (Wildman–Crippen MR) is 474 cm³/mol. The molecule has 7 rings (SSSR count). The Bertz CT molecular complexity index is 4870. The summed E-state index contributed by atoms with van der Waals surface area (Å²) in [5, 5.41) is 98.9. The van der Waals surface area contributed by atoms with Gasteiger partial charge in [0.15, 0.2) is 5.82 Å². The lowest BCUT2D eigenvalue weighted by molar-refractivity contribution is -0.143. The van der Waals surface area contributed by atoms with Crippen LogP contribution in [0.15, 0.2) is 104 Å². The molecule has 0 saturated carbocycles. The number of aliphatic hydroxyl groups excluding tert-OH is 3. The van der Waals surface area contributed by atoms with Crippen LogP contribution in [0.2, 0.25) is 0 Å². The molecule has 3 aromatic heterocycles. The smallest absolute Gasteiger partial charge is 0.326 e. The summed E-state index contributed by atoms with van der Waals surface area (Å²) in [4.78, 5) is 174. The maximum atomic E-state index is 15.6. The largest absolute Gasteiger partial charge is 0.494 e. The van der Waals surface area contributed by atoms with E-state index in [2.05, 4.69) is 94.1 Å². The van der Waals surface area contributed by atoms with Crippen LogP contribution in [0.3, 0.4) is 0 Å². The summed E-state index contributed by atoms with van der Waals surface area (Å²) >= 11 is 0. The SMILES string of the molecule is CCc1cc(OCCCCn2cc(COCCOCCOCCOCCOCCOC)nn2)ccc1-c1ccc(C[C@H](NC(=O)[C@H](CC(=O)O)NC(=O)[C@H](CO)NC(=O)[C@@H](NC(=O)C(C)(Cc2ccccc2F)NC(=O)[C@@H](NC(=O)CNC(=O)[C@H](Cc2nn[nH]n2)NC(=O)C(C)(C)C(=O)NCCc2cnc[nH]2)[C@@H](C)O)[C@@H](C)O)C(=O)N[C@@H](CCCc2cc(C)cc(C)c2)C(=O)O)cc1. The van der Waals surface area contributed by atoms with Crippen LogP contribution < -0.4 is 57.9 Å². The van der Waals surface area contributed by atoms with E-state index in [0.29, 0.717) is 134 Å². The Labute approximate surface area is 768 Å². The van der Waals surface area contributed by atoms with Gasteiger partial charge in [0.1, 0.15) is 70.5 Å². The van der Waals surface area contributed by atoms with Gasteiger partial charge in [0, 0.05) is 57.8 Å². The molecule has 726 valence electrons. The molecule has 0 aliphatic rings. The van der Waals surface area contributed by atoms with Crippen LogP contribution in [0.25, 0.3) is 11.1 Å². The second-order valence-electron chi connectivity index (χ2n) is 32.4. The van der Waals surface area contributed by atoms with Gasteiger partial charge in [-0.1, -0.05) is 95.2 Å². The number of carboxylic acids is 2. The molecule has 17 N–H and O–H groups in total. The molecule has 0 fully saturated rings. The highest BCUT2D eigenvalue weighted by Gasteiger charge is 2.44. The van der Waals surface area contributed by atoms with E-state index >= 15 is 4.39 Å². The Morgan fingerprint density at radius 3 is 1.81 bits per heavy atom. The average molecular weight is 1860 g/mol. The van der Waals surface area contributed by atoms with Gasteiger partial charge < -0.3 is 117 Å². The lowest BCUT2D eigenvalue weighted by atomic mass is 9.90. The number of aromatic nitrogens is 9. The number of aromatic amines is 2. The first-order valence-corrected chi connectivity index (χ1v) is 43.6. The maximum Gasteiger partial charge on any atom is 0.326 e. The Hall–Kier alpha value is -12.7. The molecule has 0 bridgehead atoms. The van der Waals surface area contributed by atoms with E-state index in [4.69, 9.17) is 33.2 Å². The monoisotopic (exact) mass is 1860 g/mol. The summed E-state index contributed by atoms with van der Waals surface area (Å²) in [6.07, 6.45) is 1.51. The number of halogens is 1. The van der Waals surface area contributed by atoms with Crippen molar-refractivity contribution < 1.29 is 121 Å². The average Bonchev–Trinajstić information content (AvgIpc) is 1.36. The number of amides is 10. The van der Waals surface area contributed by atoms with E-state index in [0.717, 1.165) is 66.6 Å². The van der Waals surface area contributed by atoms with Crippen LogP contribution in [0, 0.1) is 25.1 Å². The number of tetrazole rings is 1. The van der Waals surface area contributed by atoms with Crippen molar-refractivity contribution >= 4 is 71.0 Å². The zero-order valence-corrected chi connectivity index (χ0v) is 76.1. The topological polar surface area (TPSA) is 605 Å². The van der Waals surface area contributed by atoms with Crippen molar-refractivity contribution in [1.82, 2.24) is 98.8 Å². The number of carboxylic acid groups (broad SMARTS) is 2. The molecule has 133 heavy (non-hydrogen) atoms. The third-order valence-electron chi connectivity index (χ3n) is 21.0. The third kappa shape index (κ3) is 36.8. The van der Waals surface area contributed by atoms with Gasteiger partial charge in [-0.3, -0.25) is 57.4 Å². The maximum absolute atomic E-state index is 15.6. The number of aryl methyl sites for hydroxylation is 5. The number of benzene rings is 4. The molecule has 0 spiro atoms. The molecule has 0 aliphatic carbocycles. The van der Waals surface area contributed by atoms with E-state index in [9.17, 15) is 83.1 Å². The summed E-state index contributed by atoms with van der Waals surface area (Å²) in [7, 11) is 1.62. The number of rotatable bonds is 63. The number of nitrogens with zero attached hydrogens (tertiary/aromatic N) is 7. The highest BCUT2D eigenvalue weighted by molar-refractivity contribution is 6.06. The number of nitrogens with one attached hydrogen (secondary N) is 12. The predicted octanol–water partition coefficient (Wildman–Crippen LogP) is -0.278. The van der Waals surface area contributed by atoms with E-state index in [1.807, 2.05) is 63.4 Å². The van der Waals surface area contributed by atoms with Crippen LogP contribution in [-0.2, 0) is 138 Å². The second-order valence-corrected chi connectivity index (χ2v) is 32.4. The van der Waals surface area contributed by atoms with Gasteiger partial charge >= 0.3 is 11.9 Å². The van der Waals surface area contributed by atoms with Gasteiger partial charge in [0.2, 0.25) is 59.1 Å². The molecule has 1 unspecified atom stereocenters. The fourth-order valence-corrected chi connectivity index (χ4v) is 13.7. The van der Waals surface area contributed by atoms with Gasteiger partial charge in [-0.25, -0.2) is 14.2 Å². The summed E-state index contributed by atoms with van der Waals surface area (Å²) in [5.41, 5.74) is 2.85. The van der Waals surface area contributed by atoms with E-state index in [1.165, 1.54) is 38.4 Å². The highest BCUT2D eigenvalue weighted by atomic mass is 19.1. The normalized spacial score (nSPS) is 13.9. The minimum Gasteiger partial charge on any atom is -0.494 e. The van der Waals surface area contributed by atoms with Crippen molar-refractivity contribution in [2.24, 2.45) is 5.41 Å². The van der Waals surface area contributed by atoms with Crippen molar-refractivity contribution in [3.05, 3.63) is 160 Å². The molecule has 10 amide bonds. The Balaban J connectivity index is 0.979. The fourth-order valence-electron chi connectivity index (χ4n) is 13.7. The van der Waals surface area contributed by atoms with Crippen molar-refractivity contribution in [3.8, 4) is 16.9 Å². The molecule has 44 heteroatoms. The van der Waals surface area contributed by atoms with Gasteiger partial charge in [-0.2, -0.15) is 5.21 Å². The van der Waals surface area contributed by atoms with Gasteiger partial charge in [-0.15, -0.1) is 15.3 Å². The van der Waals surface area contributed by atoms with Crippen LogP contribution in [0.4, 0.5) is 4.39 Å². The number of hydrogen-bond acceptors (Lipinski definition) is 28. The molecular weight excluding hydrogens is 1740 g/mol. The van der Waals surface area contributed by atoms with E-state index < -0.39 is 175 Å². The van der Waals surface area contributed by atoms with Gasteiger partial charge in [-0.05, 0) is 139 Å². The number of unbranched alkanes of at least 4 members (excludes halogenated alkanes) is 1. The number of methoxy groups -OCH3 is 1. The van der Waals surface area contributed by atoms with Crippen molar-refractivity contribution in [2.45, 2.75) is 199 Å². The Kier molecular flexibility index (Phi) is 44.9. The molecule has 0 aliphatic heterocycles. The van der Waals surface area contributed by atoms with Crippen LogP contribution >= 0.6 is 0 Å². The first-order chi connectivity index (χ1) is 63.6. The van der Waals surface area contributed by atoms with Crippen molar-refractivity contribution in [2.75, 3.05) is 99.5 Å². The molecular formula is C89H124FN19O24. The quantitative estimate of drug-likeness (QED) is 0.0172. The first kappa shape index (κ1) is 107. The van der Waals surface area contributed by atoms with Crippen molar-refractivity contribution in [3.63, 3.8) is 0 Å². The fraction of sp³-hybridized carbons (Fsp3) is 0.528. The number of carbonyl (C=O) groups excluding carboxylic acids is 10. The van der Waals surface area contributed by atoms with Crippen molar-refractivity contribution in [1.29, 1.82) is 0 Å². The lowest BCUT2D eigenvalue weighted by Gasteiger charge is -2.34. The van der Waals surface area contributed by atoms with Crippen LogP contribution in [-0.4, -0.2) is 302 Å². The molecule has 0 radical (unpaired) electrons. The molecule has 4 aromatic carbocycles. The molecule has 3 heterocycles.